The molecule has 7 nitrogen and oxygen atoms in total. The number of allylic oxidation sites excluding steroid dienone is 2. The predicted octanol–water partition coefficient (Wildman–Crippen LogP) is 7.05. The Bertz CT molecular complexity index is 1310. The molecule has 2 aromatic carbocycles. The van der Waals surface area contributed by atoms with Crippen LogP contribution < -0.4 is 14.8 Å². The van der Waals surface area contributed by atoms with E-state index >= 15 is 0 Å². The largest absolute Gasteiger partial charge is 0.490 e. The lowest BCUT2D eigenvalue weighted by Crippen LogP contribution is -2.28. The van der Waals surface area contributed by atoms with Crippen molar-refractivity contribution >= 4 is 51.0 Å². The zero-order valence-corrected chi connectivity index (χ0v) is 23.8. The van der Waals surface area contributed by atoms with Crippen LogP contribution in [0.25, 0.3) is 0 Å². The van der Waals surface area contributed by atoms with Crippen molar-refractivity contribution < 1.29 is 14.3 Å². The molecule has 0 radical (unpaired) electrons. The molecule has 0 fully saturated rings. The summed E-state index contributed by atoms with van der Waals surface area (Å²) in [6, 6.07) is 11.1. The Morgan fingerprint density at radius 1 is 1.25 bits per heavy atom. The van der Waals surface area contributed by atoms with E-state index in [1.54, 1.807) is 11.6 Å². The van der Waals surface area contributed by atoms with E-state index in [0.29, 0.717) is 52.2 Å². The summed E-state index contributed by atoms with van der Waals surface area (Å²) in [6.07, 6.45) is 0.876. The minimum Gasteiger partial charge on any atom is -0.490 e. The molecular formula is C26H28BrClN4O3S. The van der Waals surface area contributed by atoms with Crippen LogP contribution in [-0.2, 0) is 10.5 Å². The minimum atomic E-state index is -0.475. The molecule has 1 aromatic heterocycles. The zero-order chi connectivity index (χ0) is 25.8. The van der Waals surface area contributed by atoms with Gasteiger partial charge in [-0.05, 0) is 72.4 Å². The number of carbonyl (C=O) groups excluding carboxylic acids is 1. The van der Waals surface area contributed by atoms with Gasteiger partial charge in [-0.1, -0.05) is 48.5 Å². The van der Waals surface area contributed by atoms with Gasteiger partial charge in [-0.25, -0.2) is 4.68 Å². The second-order valence-corrected chi connectivity index (χ2v) is 10.5. The lowest BCUT2D eigenvalue weighted by Gasteiger charge is -2.28. The summed E-state index contributed by atoms with van der Waals surface area (Å²) in [7, 11) is 0. The molecule has 36 heavy (non-hydrogen) atoms. The second kappa shape index (κ2) is 11.7. The van der Waals surface area contributed by atoms with Gasteiger partial charge in [-0.15, -0.1) is 5.10 Å². The highest BCUT2D eigenvalue weighted by Crippen LogP contribution is 2.43. The van der Waals surface area contributed by atoms with E-state index in [2.05, 4.69) is 28.2 Å². The van der Waals surface area contributed by atoms with E-state index in [1.165, 1.54) is 11.8 Å². The number of benzene rings is 2. The quantitative estimate of drug-likeness (QED) is 0.253. The number of thioether (sulfide) groups is 1. The highest BCUT2D eigenvalue weighted by Gasteiger charge is 2.34. The van der Waals surface area contributed by atoms with Crippen LogP contribution in [0.4, 0.5) is 5.95 Å². The summed E-state index contributed by atoms with van der Waals surface area (Å²) in [5.74, 6) is 2.42. The third-order valence-corrected chi connectivity index (χ3v) is 7.47. The number of nitrogens with zero attached hydrogens (tertiary/aromatic N) is 3. The SMILES string of the molecule is CCCOc1c(Br)cc(C2C(C(C)=O)=C(C)Nc3nc(SCc4ccccc4Cl)nn32)cc1OCC. The number of nitrogens with one attached hydrogen (secondary N) is 1. The Labute approximate surface area is 228 Å². The molecular weight excluding hydrogens is 564 g/mol. The summed E-state index contributed by atoms with van der Waals surface area (Å²) in [6.45, 7) is 8.49. The van der Waals surface area contributed by atoms with Gasteiger partial charge in [0.15, 0.2) is 17.3 Å². The van der Waals surface area contributed by atoms with E-state index in [4.69, 9.17) is 31.2 Å². The number of anilines is 1. The van der Waals surface area contributed by atoms with Gasteiger partial charge in [0, 0.05) is 22.0 Å². The number of aromatic nitrogens is 3. The van der Waals surface area contributed by atoms with Crippen molar-refractivity contribution in [3.8, 4) is 11.5 Å². The first kappa shape index (κ1) is 26.6. The van der Waals surface area contributed by atoms with Gasteiger partial charge >= 0.3 is 0 Å². The van der Waals surface area contributed by atoms with Crippen molar-refractivity contribution in [1.29, 1.82) is 0 Å². The van der Waals surface area contributed by atoms with Gasteiger partial charge in [0.1, 0.15) is 6.04 Å². The molecule has 1 N–H and O–H groups in total. The number of hydrogen-bond acceptors (Lipinski definition) is 7. The first-order chi connectivity index (χ1) is 17.3. The number of hydrogen-bond donors (Lipinski definition) is 1. The predicted molar refractivity (Wildman–Crippen MR) is 147 cm³/mol. The Morgan fingerprint density at radius 3 is 2.72 bits per heavy atom. The minimum absolute atomic E-state index is 0.0446. The summed E-state index contributed by atoms with van der Waals surface area (Å²) < 4.78 is 14.4. The standard InChI is InChI=1S/C26H28BrClN4O3S/c1-5-11-35-24-19(27)12-18(13-21(24)34-6-2)23-22(16(4)33)15(3)29-25-30-26(31-32(23)25)36-14-17-9-7-8-10-20(17)28/h7-10,12-13,23H,5-6,11,14H2,1-4H3,(H,29,30,31). The molecule has 0 amide bonds. The van der Waals surface area contributed by atoms with Crippen molar-refractivity contribution in [3.05, 3.63) is 68.3 Å². The van der Waals surface area contributed by atoms with Crippen molar-refractivity contribution in [1.82, 2.24) is 14.8 Å². The van der Waals surface area contributed by atoms with Crippen LogP contribution in [-0.4, -0.2) is 33.8 Å². The number of carbonyl (C=O) groups is 1. The van der Waals surface area contributed by atoms with Crippen molar-refractivity contribution in [2.24, 2.45) is 0 Å². The maximum atomic E-state index is 12.8. The number of ketones is 1. The Balaban J connectivity index is 1.75. The summed E-state index contributed by atoms with van der Waals surface area (Å²) >= 11 is 11.5. The molecule has 0 spiro atoms. The van der Waals surface area contributed by atoms with E-state index in [1.807, 2.05) is 50.2 Å². The molecule has 10 heteroatoms. The van der Waals surface area contributed by atoms with Crippen LogP contribution >= 0.6 is 39.3 Å². The van der Waals surface area contributed by atoms with Crippen LogP contribution in [0.1, 0.15) is 51.3 Å². The number of fused-ring (bicyclic) bond motifs is 1. The first-order valence-electron chi connectivity index (χ1n) is 11.7. The molecule has 0 bridgehead atoms. The fourth-order valence-corrected chi connectivity index (χ4v) is 5.76. The summed E-state index contributed by atoms with van der Waals surface area (Å²) in [4.78, 5) is 17.5. The molecule has 3 aromatic rings. The fourth-order valence-electron chi connectivity index (χ4n) is 4.07. The normalized spacial score (nSPS) is 14.9. The first-order valence-corrected chi connectivity index (χ1v) is 13.9. The van der Waals surface area contributed by atoms with E-state index in [0.717, 1.165) is 27.7 Å². The Hall–Kier alpha value is -2.49. The van der Waals surface area contributed by atoms with Crippen molar-refractivity contribution in [2.75, 3.05) is 18.5 Å². The van der Waals surface area contributed by atoms with Gasteiger partial charge in [0.2, 0.25) is 11.1 Å². The van der Waals surface area contributed by atoms with Gasteiger partial charge in [0.05, 0.1) is 17.7 Å². The lowest BCUT2D eigenvalue weighted by atomic mass is 9.93. The fraction of sp³-hybridized carbons (Fsp3) is 0.346. The third-order valence-electron chi connectivity index (χ3n) is 5.63. The van der Waals surface area contributed by atoms with Gasteiger partial charge in [-0.3, -0.25) is 4.79 Å². The molecule has 0 aliphatic carbocycles. The van der Waals surface area contributed by atoms with Gasteiger partial charge < -0.3 is 14.8 Å². The summed E-state index contributed by atoms with van der Waals surface area (Å²) in [5.41, 5.74) is 3.21. The van der Waals surface area contributed by atoms with Crippen LogP contribution in [0, 0.1) is 0 Å². The highest BCUT2D eigenvalue weighted by atomic mass is 79.9. The third kappa shape index (κ3) is 5.58. The number of Topliss-reactive ketones (excluding diaryl/α,β-unsaturated/α-hetero) is 1. The molecule has 190 valence electrons. The number of ether oxygens (including phenoxy) is 2. The molecule has 0 saturated heterocycles. The molecule has 4 rings (SSSR count). The highest BCUT2D eigenvalue weighted by molar-refractivity contribution is 9.10. The average molecular weight is 592 g/mol. The molecule has 1 atom stereocenters. The monoisotopic (exact) mass is 590 g/mol. The van der Waals surface area contributed by atoms with Crippen molar-refractivity contribution in [2.45, 2.75) is 51.1 Å². The smallest absolute Gasteiger partial charge is 0.227 e. The average Bonchev–Trinajstić information content (AvgIpc) is 3.24. The summed E-state index contributed by atoms with van der Waals surface area (Å²) in [5, 5.41) is 9.34. The second-order valence-electron chi connectivity index (χ2n) is 8.28. The topological polar surface area (TPSA) is 78.3 Å². The molecule has 2 heterocycles. The Kier molecular flexibility index (Phi) is 8.64. The van der Waals surface area contributed by atoms with Gasteiger partial charge in [-0.2, -0.15) is 4.98 Å². The lowest BCUT2D eigenvalue weighted by molar-refractivity contribution is -0.114. The van der Waals surface area contributed by atoms with Crippen molar-refractivity contribution in [3.63, 3.8) is 0 Å². The molecule has 1 unspecified atom stereocenters. The van der Waals surface area contributed by atoms with Crippen LogP contribution in [0.5, 0.6) is 11.5 Å². The van der Waals surface area contributed by atoms with Gasteiger partial charge in [0.25, 0.3) is 0 Å². The molecule has 1 aliphatic rings. The van der Waals surface area contributed by atoms with Crippen LogP contribution in [0.15, 0.2) is 57.3 Å². The van der Waals surface area contributed by atoms with E-state index in [-0.39, 0.29) is 5.78 Å². The maximum Gasteiger partial charge on any atom is 0.227 e. The molecule has 0 saturated carbocycles. The number of rotatable bonds is 10. The van der Waals surface area contributed by atoms with E-state index in [9.17, 15) is 4.79 Å². The Morgan fingerprint density at radius 2 is 2.03 bits per heavy atom. The van der Waals surface area contributed by atoms with E-state index < -0.39 is 6.04 Å². The van der Waals surface area contributed by atoms with Crippen LogP contribution in [0.3, 0.4) is 0 Å². The zero-order valence-electron chi connectivity index (χ0n) is 20.6. The number of halogens is 2. The molecule has 1 aliphatic heterocycles. The van der Waals surface area contributed by atoms with Crippen LogP contribution in [0.2, 0.25) is 5.02 Å². The maximum absolute atomic E-state index is 12.8.